The molecular weight excluding hydrogens is 204 g/mol. The lowest BCUT2D eigenvalue weighted by Crippen LogP contribution is -2.14. The van der Waals surface area contributed by atoms with Gasteiger partial charge in [-0.25, -0.2) is 9.97 Å². The average molecular weight is 218 g/mol. The van der Waals surface area contributed by atoms with E-state index in [4.69, 9.17) is 0 Å². The summed E-state index contributed by atoms with van der Waals surface area (Å²) in [5.74, 6) is -0.307. The summed E-state index contributed by atoms with van der Waals surface area (Å²) in [4.78, 5) is 8.32. The van der Waals surface area contributed by atoms with E-state index >= 15 is 0 Å². The molecule has 84 valence electrons. The molecule has 2 aromatic rings. The van der Waals surface area contributed by atoms with Gasteiger partial charge in [0.2, 0.25) is 0 Å². The molecule has 2 rings (SSSR count). The monoisotopic (exact) mass is 218 g/mol. The van der Waals surface area contributed by atoms with Gasteiger partial charge in [-0.2, -0.15) is 0 Å². The van der Waals surface area contributed by atoms with E-state index in [1.807, 2.05) is 20.8 Å². The molecular formula is C12H14N2O2. The molecule has 0 atom stereocenters. The summed E-state index contributed by atoms with van der Waals surface area (Å²) in [5.41, 5.74) is 1.35. The van der Waals surface area contributed by atoms with Crippen molar-refractivity contribution in [3.63, 3.8) is 0 Å². The van der Waals surface area contributed by atoms with Gasteiger partial charge < -0.3 is 10.2 Å². The molecule has 0 fully saturated rings. The molecule has 0 amide bonds. The Morgan fingerprint density at radius 1 is 1.00 bits per heavy atom. The minimum Gasteiger partial charge on any atom is -0.504 e. The molecule has 2 N–H and O–H groups in total. The van der Waals surface area contributed by atoms with Crippen LogP contribution in [0, 0.1) is 0 Å². The maximum Gasteiger partial charge on any atom is 0.159 e. The topological polar surface area (TPSA) is 66.2 Å². The molecule has 0 saturated heterocycles. The summed E-state index contributed by atoms with van der Waals surface area (Å²) in [7, 11) is 0. The van der Waals surface area contributed by atoms with Gasteiger partial charge in [0.15, 0.2) is 11.5 Å². The van der Waals surface area contributed by atoms with Crippen LogP contribution in [0.15, 0.2) is 18.5 Å². The van der Waals surface area contributed by atoms with E-state index in [1.54, 1.807) is 0 Å². The Morgan fingerprint density at radius 2 is 1.62 bits per heavy atom. The summed E-state index contributed by atoms with van der Waals surface area (Å²) >= 11 is 0. The molecule has 0 aliphatic heterocycles. The van der Waals surface area contributed by atoms with Crippen LogP contribution >= 0.6 is 0 Å². The maximum atomic E-state index is 9.50. The van der Waals surface area contributed by atoms with Crippen molar-refractivity contribution in [3.05, 3.63) is 24.2 Å². The van der Waals surface area contributed by atoms with Crippen LogP contribution in [0.3, 0.4) is 0 Å². The van der Waals surface area contributed by atoms with Crippen molar-refractivity contribution in [1.29, 1.82) is 0 Å². The van der Waals surface area contributed by atoms with Crippen LogP contribution in [0.4, 0.5) is 0 Å². The lowest BCUT2D eigenvalue weighted by atomic mass is 9.89. The highest BCUT2D eigenvalue weighted by Crippen LogP contribution is 2.33. The molecule has 0 aliphatic rings. The van der Waals surface area contributed by atoms with Crippen molar-refractivity contribution in [2.75, 3.05) is 0 Å². The second-order valence-electron chi connectivity index (χ2n) is 4.83. The van der Waals surface area contributed by atoms with Gasteiger partial charge in [-0.1, -0.05) is 20.8 Å². The summed E-state index contributed by atoms with van der Waals surface area (Å²) in [5, 5.41) is 19.7. The molecule has 1 heterocycles. The third kappa shape index (κ3) is 1.66. The first kappa shape index (κ1) is 10.7. The Labute approximate surface area is 93.6 Å². The van der Waals surface area contributed by atoms with Crippen LogP contribution in [-0.2, 0) is 5.41 Å². The average Bonchev–Trinajstić information content (AvgIpc) is 2.17. The van der Waals surface area contributed by atoms with Crippen LogP contribution in [0.25, 0.3) is 10.9 Å². The Hall–Kier alpha value is -1.84. The molecule has 0 aliphatic carbocycles. The molecule has 0 bridgehead atoms. The van der Waals surface area contributed by atoms with Gasteiger partial charge in [-0.3, -0.25) is 0 Å². The number of aromatic nitrogens is 2. The van der Waals surface area contributed by atoms with Crippen LogP contribution in [0.5, 0.6) is 11.5 Å². The molecule has 0 radical (unpaired) electrons. The van der Waals surface area contributed by atoms with Gasteiger partial charge in [-0.15, -0.1) is 0 Å². The first-order valence-electron chi connectivity index (χ1n) is 5.07. The highest BCUT2D eigenvalue weighted by atomic mass is 16.3. The van der Waals surface area contributed by atoms with Gasteiger partial charge in [0.05, 0.1) is 11.2 Å². The van der Waals surface area contributed by atoms with Gasteiger partial charge in [0.1, 0.15) is 6.33 Å². The van der Waals surface area contributed by atoms with Gasteiger partial charge in [0, 0.05) is 16.9 Å². The lowest BCUT2D eigenvalue weighted by Gasteiger charge is -2.19. The summed E-state index contributed by atoms with van der Waals surface area (Å²) in [6.07, 6.45) is 1.47. The van der Waals surface area contributed by atoms with Crippen molar-refractivity contribution in [2.45, 2.75) is 26.2 Å². The van der Waals surface area contributed by atoms with Gasteiger partial charge >= 0.3 is 0 Å². The SMILES string of the molecule is CC(C)(C)c1ncnc2cc(O)c(O)cc12. The van der Waals surface area contributed by atoms with Crippen LogP contribution in [0.2, 0.25) is 0 Å². The Balaban J connectivity index is 2.82. The van der Waals surface area contributed by atoms with E-state index < -0.39 is 0 Å². The predicted octanol–water partition coefficient (Wildman–Crippen LogP) is 2.34. The molecule has 0 unspecified atom stereocenters. The minimum absolute atomic E-state index is 0.134. The van der Waals surface area contributed by atoms with Gasteiger partial charge in [0.25, 0.3) is 0 Å². The van der Waals surface area contributed by atoms with Crippen molar-refractivity contribution in [2.24, 2.45) is 0 Å². The van der Waals surface area contributed by atoms with Gasteiger partial charge in [-0.05, 0) is 6.07 Å². The van der Waals surface area contributed by atoms with Crippen LogP contribution in [0.1, 0.15) is 26.5 Å². The molecule has 1 aromatic carbocycles. The number of aromatic hydroxyl groups is 2. The molecule has 0 saturated carbocycles. The number of phenolic OH excluding ortho intramolecular Hbond substituents is 2. The van der Waals surface area contributed by atoms with Crippen molar-refractivity contribution in [1.82, 2.24) is 9.97 Å². The zero-order valence-corrected chi connectivity index (χ0v) is 9.52. The molecule has 0 spiro atoms. The fourth-order valence-electron chi connectivity index (χ4n) is 1.68. The zero-order chi connectivity index (χ0) is 11.9. The quantitative estimate of drug-likeness (QED) is 0.666. The van der Waals surface area contributed by atoms with E-state index in [0.29, 0.717) is 5.52 Å². The highest BCUT2D eigenvalue weighted by Gasteiger charge is 2.19. The predicted molar refractivity (Wildman–Crippen MR) is 61.6 cm³/mol. The van der Waals surface area contributed by atoms with E-state index in [-0.39, 0.29) is 16.9 Å². The Kier molecular flexibility index (Phi) is 2.22. The second-order valence-corrected chi connectivity index (χ2v) is 4.83. The summed E-state index contributed by atoms with van der Waals surface area (Å²) in [6.45, 7) is 6.12. The van der Waals surface area contributed by atoms with E-state index in [1.165, 1.54) is 18.5 Å². The number of phenols is 2. The zero-order valence-electron chi connectivity index (χ0n) is 9.52. The molecule has 4 nitrogen and oxygen atoms in total. The number of rotatable bonds is 0. The van der Waals surface area contributed by atoms with Crippen molar-refractivity contribution >= 4 is 10.9 Å². The lowest BCUT2D eigenvalue weighted by molar-refractivity contribution is 0.404. The number of nitrogens with zero attached hydrogens (tertiary/aromatic N) is 2. The molecule has 1 aromatic heterocycles. The van der Waals surface area contributed by atoms with Crippen LogP contribution in [-0.4, -0.2) is 20.2 Å². The smallest absolute Gasteiger partial charge is 0.159 e. The van der Waals surface area contributed by atoms with E-state index in [2.05, 4.69) is 9.97 Å². The van der Waals surface area contributed by atoms with Crippen LogP contribution < -0.4 is 0 Å². The second kappa shape index (κ2) is 3.33. The van der Waals surface area contributed by atoms with Crippen molar-refractivity contribution < 1.29 is 10.2 Å². The van der Waals surface area contributed by atoms with E-state index in [9.17, 15) is 10.2 Å². The molecule has 16 heavy (non-hydrogen) atoms. The molecule has 4 heteroatoms. The fraction of sp³-hybridized carbons (Fsp3) is 0.333. The highest BCUT2D eigenvalue weighted by molar-refractivity contribution is 5.85. The first-order chi connectivity index (χ1) is 7.39. The first-order valence-corrected chi connectivity index (χ1v) is 5.07. The number of hydrogen-bond acceptors (Lipinski definition) is 4. The Morgan fingerprint density at radius 3 is 2.25 bits per heavy atom. The normalized spacial score (nSPS) is 11.9. The summed E-state index contributed by atoms with van der Waals surface area (Å²) < 4.78 is 0. The standard InChI is InChI=1S/C12H14N2O2/c1-12(2,3)11-7-4-9(15)10(16)5-8(7)13-6-14-11/h4-6,15-16H,1-3H3. The van der Waals surface area contributed by atoms with E-state index in [0.717, 1.165) is 11.1 Å². The fourth-order valence-corrected chi connectivity index (χ4v) is 1.68. The maximum absolute atomic E-state index is 9.50. The number of benzene rings is 1. The van der Waals surface area contributed by atoms with Crippen molar-refractivity contribution in [3.8, 4) is 11.5 Å². The third-order valence-electron chi connectivity index (χ3n) is 2.44. The number of fused-ring (bicyclic) bond motifs is 1. The minimum atomic E-state index is -0.161. The summed E-state index contributed by atoms with van der Waals surface area (Å²) in [6, 6.07) is 2.95. The largest absolute Gasteiger partial charge is 0.504 e. The Bertz CT molecular complexity index is 544. The number of hydrogen-bond donors (Lipinski definition) is 2. The third-order valence-corrected chi connectivity index (χ3v) is 2.44.